The molecule has 168 valence electrons. The fourth-order valence-electron chi connectivity index (χ4n) is 3.93. The number of hydrogen-bond donors (Lipinski definition) is 1. The van der Waals surface area contributed by atoms with Crippen molar-refractivity contribution in [2.45, 2.75) is 26.8 Å². The van der Waals surface area contributed by atoms with Crippen LogP contribution in [-0.2, 0) is 9.59 Å². The van der Waals surface area contributed by atoms with E-state index in [2.05, 4.69) is 4.98 Å². The highest BCUT2D eigenvalue weighted by atomic mass is 16.5. The van der Waals surface area contributed by atoms with Crippen LogP contribution in [0.15, 0.2) is 78.6 Å². The number of pyridine rings is 1. The van der Waals surface area contributed by atoms with Crippen LogP contribution < -0.4 is 9.64 Å². The van der Waals surface area contributed by atoms with E-state index >= 15 is 0 Å². The van der Waals surface area contributed by atoms with Gasteiger partial charge in [0.2, 0.25) is 0 Å². The third-order valence-electron chi connectivity index (χ3n) is 5.53. The molecule has 0 bridgehead atoms. The average Bonchev–Trinajstić information content (AvgIpc) is 3.08. The summed E-state index contributed by atoms with van der Waals surface area (Å²) in [5.41, 5.74) is 2.60. The Morgan fingerprint density at radius 1 is 1.06 bits per heavy atom. The van der Waals surface area contributed by atoms with Crippen LogP contribution in [0.4, 0.5) is 5.69 Å². The SMILES string of the molecule is Cc1ccccc1N1C(=O)C(=O)/C(=C(\O)c2cccc(OCC(C)C)c2)C1c1ccncc1. The fourth-order valence-corrected chi connectivity index (χ4v) is 3.93. The first-order valence-corrected chi connectivity index (χ1v) is 10.9. The van der Waals surface area contributed by atoms with E-state index < -0.39 is 17.7 Å². The quantitative estimate of drug-likeness (QED) is 0.328. The summed E-state index contributed by atoms with van der Waals surface area (Å²) in [5, 5.41) is 11.3. The van der Waals surface area contributed by atoms with Gasteiger partial charge in [-0.2, -0.15) is 0 Å². The number of hydrogen-bond acceptors (Lipinski definition) is 5. The van der Waals surface area contributed by atoms with Gasteiger partial charge in [0.05, 0.1) is 18.2 Å². The monoisotopic (exact) mass is 442 g/mol. The van der Waals surface area contributed by atoms with E-state index in [1.165, 1.54) is 4.90 Å². The molecule has 1 saturated heterocycles. The summed E-state index contributed by atoms with van der Waals surface area (Å²) in [5.74, 6) is -0.720. The minimum Gasteiger partial charge on any atom is -0.507 e. The third-order valence-corrected chi connectivity index (χ3v) is 5.53. The molecule has 1 fully saturated rings. The first-order valence-electron chi connectivity index (χ1n) is 10.9. The topological polar surface area (TPSA) is 79.7 Å². The number of nitrogens with zero attached hydrogens (tertiary/aromatic N) is 2. The number of benzene rings is 2. The number of carbonyl (C=O) groups excluding carboxylic acids is 2. The van der Waals surface area contributed by atoms with Crippen molar-refractivity contribution in [3.63, 3.8) is 0 Å². The molecule has 6 nitrogen and oxygen atoms in total. The van der Waals surface area contributed by atoms with Gasteiger partial charge in [-0.15, -0.1) is 0 Å². The summed E-state index contributed by atoms with van der Waals surface area (Å²) in [7, 11) is 0. The van der Waals surface area contributed by atoms with Crippen molar-refractivity contribution >= 4 is 23.1 Å². The Bertz CT molecular complexity index is 1220. The second-order valence-corrected chi connectivity index (χ2v) is 8.47. The number of amides is 1. The van der Waals surface area contributed by atoms with Crippen molar-refractivity contribution in [2.75, 3.05) is 11.5 Å². The van der Waals surface area contributed by atoms with Gasteiger partial charge in [0.15, 0.2) is 0 Å². The first kappa shape index (κ1) is 22.3. The number of aliphatic hydroxyl groups is 1. The van der Waals surface area contributed by atoms with Crippen LogP contribution in [-0.4, -0.2) is 28.4 Å². The third kappa shape index (κ3) is 4.37. The molecule has 6 heteroatoms. The number of Topliss-reactive ketones (excluding diaryl/α,β-unsaturated/α-hetero) is 1. The smallest absolute Gasteiger partial charge is 0.300 e. The summed E-state index contributed by atoms with van der Waals surface area (Å²) in [4.78, 5) is 32.0. The molecule has 1 atom stereocenters. The van der Waals surface area contributed by atoms with Gasteiger partial charge >= 0.3 is 0 Å². The molecule has 2 heterocycles. The maximum Gasteiger partial charge on any atom is 0.300 e. The van der Waals surface area contributed by atoms with E-state index in [0.29, 0.717) is 35.1 Å². The molecule has 1 aliphatic heterocycles. The van der Waals surface area contributed by atoms with Gasteiger partial charge in [-0.1, -0.05) is 44.2 Å². The van der Waals surface area contributed by atoms with E-state index in [1.807, 2.05) is 39.0 Å². The van der Waals surface area contributed by atoms with Crippen LogP contribution in [0.3, 0.4) is 0 Å². The van der Waals surface area contributed by atoms with Crippen LogP contribution in [0.1, 0.15) is 36.6 Å². The molecule has 0 spiro atoms. The predicted molar refractivity (Wildman–Crippen MR) is 127 cm³/mol. The summed E-state index contributed by atoms with van der Waals surface area (Å²) in [6.07, 6.45) is 3.21. The molecule has 33 heavy (non-hydrogen) atoms. The Hall–Kier alpha value is -3.93. The normalized spacial score (nSPS) is 17.6. The molecule has 4 rings (SSSR count). The second-order valence-electron chi connectivity index (χ2n) is 8.47. The highest BCUT2D eigenvalue weighted by molar-refractivity contribution is 6.51. The maximum atomic E-state index is 13.2. The molecule has 1 aliphatic rings. The van der Waals surface area contributed by atoms with Crippen molar-refractivity contribution in [2.24, 2.45) is 5.92 Å². The fraction of sp³-hybridized carbons (Fsp3) is 0.222. The summed E-state index contributed by atoms with van der Waals surface area (Å²) < 4.78 is 5.78. The Balaban J connectivity index is 1.86. The molecule has 0 aliphatic carbocycles. The minimum absolute atomic E-state index is 0.0375. The molecular weight excluding hydrogens is 416 g/mol. The number of ether oxygens (including phenoxy) is 1. The Morgan fingerprint density at radius 3 is 2.48 bits per heavy atom. The van der Waals surface area contributed by atoms with Crippen molar-refractivity contribution < 1.29 is 19.4 Å². The minimum atomic E-state index is -0.783. The number of rotatable bonds is 6. The van der Waals surface area contributed by atoms with E-state index in [-0.39, 0.29) is 11.3 Å². The highest BCUT2D eigenvalue weighted by Crippen LogP contribution is 2.43. The number of ketones is 1. The van der Waals surface area contributed by atoms with Crippen molar-refractivity contribution in [3.05, 3.63) is 95.3 Å². The van der Waals surface area contributed by atoms with Crippen LogP contribution >= 0.6 is 0 Å². The van der Waals surface area contributed by atoms with Crippen LogP contribution in [0.2, 0.25) is 0 Å². The molecule has 0 radical (unpaired) electrons. The summed E-state index contributed by atoms with van der Waals surface area (Å²) in [6.45, 7) is 6.50. The molecule has 1 amide bonds. The van der Waals surface area contributed by atoms with Crippen molar-refractivity contribution in [1.82, 2.24) is 4.98 Å². The van der Waals surface area contributed by atoms with Gasteiger partial charge in [-0.05, 0) is 54.3 Å². The Kier molecular flexibility index (Phi) is 6.27. The van der Waals surface area contributed by atoms with E-state index in [4.69, 9.17) is 4.74 Å². The summed E-state index contributed by atoms with van der Waals surface area (Å²) in [6, 6.07) is 17.0. The molecule has 3 aromatic rings. The first-order chi connectivity index (χ1) is 15.9. The second kappa shape index (κ2) is 9.28. The largest absolute Gasteiger partial charge is 0.507 e. The van der Waals surface area contributed by atoms with Crippen LogP contribution in [0.25, 0.3) is 5.76 Å². The van der Waals surface area contributed by atoms with Crippen LogP contribution in [0.5, 0.6) is 5.75 Å². The Labute approximate surface area is 193 Å². The standard InChI is InChI=1S/C27H26N2O4/c1-17(2)16-33-21-9-6-8-20(15-21)25(30)23-24(19-11-13-28-14-12-19)29(27(32)26(23)31)22-10-5-4-7-18(22)3/h4-15,17,24,30H,16H2,1-3H3/b25-23-. The molecule has 1 N–H and O–H groups in total. The predicted octanol–water partition coefficient (Wildman–Crippen LogP) is 5.05. The molecule has 0 saturated carbocycles. The van der Waals surface area contributed by atoms with E-state index in [1.54, 1.807) is 54.9 Å². The van der Waals surface area contributed by atoms with Gasteiger partial charge in [-0.3, -0.25) is 19.5 Å². The van der Waals surface area contributed by atoms with Gasteiger partial charge in [-0.25, -0.2) is 0 Å². The van der Waals surface area contributed by atoms with Crippen LogP contribution in [0, 0.1) is 12.8 Å². The lowest BCUT2D eigenvalue weighted by atomic mass is 9.95. The summed E-state index contributed by atoms with van der Waals surface area (Å²) >= 11 is 0. The molecular formula is C27H26N2O4. The molecule has 1 aromatic heterocycles. The van der Waals surface area contributed by atoms with Crippen molar-refractivity contribution in [1.29, 1.82) is 0 Å². The highest BCUT2D eigenvalue weighted by Gasteiger charge is 2.47. The number of para-hydroxylation sites is 1. The number of anilines is 1. The Morgan fingerprint density at radius 2 is 1.79 bits per heavy atom. The zero-order chi connectivity index (χ0) is 23.5. The number of carbonyl (C=O) groups is 2. The number of aryl methyl sites for hydroxylation is 1. The lowest BCUT2D eigenvalue weighted by Crippen LogP contribution is -2.30. The van der Waals surface area contributed by atoms with Crippen molar-refractivity contribution in [3.8, 4) is 5.75 Å². The van der Waals surface area contributed by atoms with E-state index in [0.717, 1.165) is 5.56 Å². The molecule has 1 unspecified atom stereocenters. The average molecular weight is 443 g/mol. The zero-order valence-corrected chi connectivity index (χ0v) is 18.9. The van der Waals surface area contributed by atoms with Gasteiger partial charge in [0, 0.05) is 23.6 Å². The van der Waals surface area contributed by atoms with Gasteiger partial charge < -0.3 is 9.84 Å². The molecule has 2 aromatic carbocycles. The number of aliphatic hydroxyl groups excluding tert-OH is 1. The lowest BCUT2D eigenvalue weighted by molar-refractivity contribution is -0.132. The zero-order valence-electron chi connectivity index (χ0n) is 18.9. The maximum absolute atomic E-state index is 13.2. The van der Waals surface area contributed by atoms with Gasteiger partial charge in [0.25, 0.3) is 11.7 Å². The lowest BCUT2D eigenvalue weighted by Gasteiger charge is -2.26. The van der Waals surface area contributed by atoms with Gasteiger partial charge in [0.1, 0.15) is 11.5 Å². The number of aromatic nitrogens is 1. The van der Waals surface area contributed by atoms with E-state index in [9.17, 15) is 14.7 Å².